The first-order valence-corrected chi connectivity index (χ1v) is 13.6. The SMILES string of the molecule is CCOP(C)(=O)CN(C)C1CCN(c2ncc3ncnc(Nc4cccc(Cl)c4)c3n2)CC1. The van der Waals surface area contributed by atoms with Gasteiger partial charge in [-0.1, -0.05) is 17.7 Å². The molecular formula is C22H29ClN7O2P. The Labute approximate surface area is 199 Å². The summed E-state index contributed by atoms with van der Waals surface area (Å²) in [5, 5.41) is 3.92. The van der Waals surface area contributed by atoms with Gasteiger partial charge in [0, 0.05) is 36.5 Å². The smallest absolute Gasteiger partial charge is 0.226 e. The van der Waals surface area contributed by atoms with Gasteiger partial charge in [-0.3, -0.25) is 9.46 Å². The summed E-state index contributed by atoms with van der Waals surface area (Å²) in [6.07, 6.45) is 5.56. The van der Waals surface area contributed by atoms with Crippen LogP contribution in [0.25, 0.3) is 11.0 Å². The number of nitrogens with one attached hydrogen (secondary N) is 1. The molecular weight excluding hydrogens is 461 g/mol. The third kappa shape index (κ3) is 5.98. The zero-order valence-corrected chi connectivity index (χ0v) is 20.8. The fraction of sp³-hybridized carbons (Fsp3) is 0.455. The quantitative estimate of drug-likeness (QED) is 0.454. The van der Waals surface area contributed by atoms with Crippen molar-refractivity contribution in [3.63, 3.8) is 0 Å². The topological polar surface area (TPSA) is 96.4 Å². The van der Waals surface area contributed by atoms with Gasteiger partial charge in [0.2, 0.25) is 13.3 Å². The molecule has 1 fully saturated rings. The Morgan fingerprint density at radius 3 is 2.79 bits per heavy atom. The van der Waals surface area contributed by atoms with Gasteiger partial charge in [0.15, 0.2) is 5.82 Å². The molecule has 0 saturated carbocycles. The summed E-state index contributed by atoms with van der Waals surface area (Å²) >= 11 is 6.11. The van der Waals surface area contributed by atoms with Gasteiger partial charge in [0.1, 0.15) is 17.4 Å². The Morgan fingerprint density at radius 1 is 1.27 bits per heavy atom. The standard InChI is InChI=1S/C22H29ClN7O2P/c1-4-32-33(3,31)15-29(2)18-8-10-30(11-9-18)22-24-13-19-20(28-22)21(26-14-25-19)27-17-7-5-6-16(23)12-17/h5-7,12-14,18H,4,8-11,15H2,1-3H3,(H,25,26,27). The molecule has 1 N–H and O–H groups in total. The summed E-state index contributed by atoms with van der Waals surface area (Å²) in [6.45, 7) is 5.68. The van der Waals surface area contributed by atoms with E-state index in [2.05, 4.69) is 30.1 Å². The molecule has 3 heterocycles. The normalized spacial score (nSPS) is 16.8. The van der Waals surface area contributed by atoms with Crippen molar-refractivity contribution in [1.29, 1.82) is 0 Å². The average molecular weight is 490 g/mol. The molecule has 33 heavy (non-hydrogen) atoms. The van der Waals surface area contributed by atoms with Crippen LogP contribution in [-0.2, 0) is 9.09 Å². The number of fused-ring (bicyclic) bond motifs is 1. The first kappa shape index (κ1) is 23.8. The number of hydrogen-bond acceptors (Lipinski definition) is 9. The molecule has 1 atom stereocenters. The van der Waals surface area contributed by atoms with E-state index in [0.717, 1.165) is 31.6 Å². The maximum Gasteiger partial charge on any atom is 0.226 e. The van der Waals surface area contributed by atoms with Crippen LogP contribution in [0, 0.1) is 0 Å². The molecule has 1 aliphatic heterocycles. The molecule has 0 bridgehead atoms. The molecule has 2 aromatic heterocycles. The number of piperidine rings is 1. The minimum absolute atomic E-state index is 0.346. The average Bonchev–Trinajstić information content (AvgIpc) is 2.79. The van der Waals surface area contributed by atoms with Gasteiger partial charge in [-0.05, 0) is 45.0 Å². The number of benzene rings is 1. The molecule has 4 rings (SSSR count). The maximum atomic E-state index is 12.5. The van der Waals surface area contributed by atoms with Crippen LogP contribution in [0.1, 0.15) is 19.8 Å². The van der Waals surface area contributed by atoms with Crippen molar-refractivity contribution in [1.82, 2.24) is 24.8 Å². The largest absolute Gasteiger partial charge is 0.341 e. The summed E-state index contributed by atoms with van der Waals surface area (Å²) in [5.41, 5.74) is 2.15. The van der Waals surface area contributed by atoms with Crippen molar-refractivity contribution in [3.05, 3.63) is 41.8 Å². The lowest BCUT2D eigenvalue weighted by Crippen LogP contribution is -2.44. The number of rotatable bonds is 8. The second-order valence-corrected chi connectivity index (χ2v) is 11.3. The van der Waals surface area contributed by atoms with E-state index >= 15 is 0 Å². The molecule has 0 radical (unpaired) electrons. The number of halogens is 1. The molecule has 0 spiro atoms. The Hall–Kier alpha value is -2.32. The molecule has 1 aliphatic rings. The Morgan fingerprint density at radius 2 is 2.06 bits per heavy atom. The summed E-state index contributed by atoms with van der Waals surface area (Å²) in [6, 6.07) is 7.80. The van der Waals surface area contributed by atoms with Crippen molar-refractivity contribution in [2.75, 3.05) is 49.9 Å². The minimum atomic E-state index is -2.60. The lowest BCUT2D eigenvalue weighted by atomic mass is 10.0. The van der Waals surface area contributed by atoms with Crippen LogP contribution >= 0.6 is 19.0 Å². The zero-order valence-electron chi connectivity index (χ0n) is 19.1. The van der Waals surface area contributed by atoms with E-state index in [0.29, 0.717) is 46.8 Å². The number of anilines is 3. The van der Waals surface area contributed by atoms with Crippen LogP contribution in [0.5, 0.6) is 0 Å². The fourth-order valence-corrected chi connectivity index (χ4v) is 5.99. The van der Waals surface area contributed by atoms with Gasteiger partial charge in [-0.25, -0.2) is 19.9 Å². The summed E-state index contributed by atoms with van der Waals surface area (Å²) in [7, 11) is -0.574. The van der Waals surface area contributed by atoms with Gasteiger partial charge in [0.05, 0.1) is 19.1 Å². The van der Waals surface area contributed by atoms with Gasteiger partial charge in [0.25, 0.3) is 0 Å². The summed E-state index contributed by atoms with van der Waals surface area (Å²) < 4.78 is 18.0. The highest BCUT2D eigenvalue weighted by Gasteiger charge is 2.28. The third-order valence-corrected chi connectivity index (χ3v) is 7.70. The molecule has 1 unspecified atom stereocenters. The van der Waals surface area contributed by atoms with Gasteiger partial charge in [-0.2, -0.15) is 0 Å². The van der Waals surface area contributed by atoms with Crippen LogP contribution in [0.3, 0.4) is 0 Å². The van der Waals surface area contributed by atoms with E-state index in [1.165, 1.54) is 6.33 Å². The van der Waals surface area contributed by atoms with Crippen molar-refractivity contribution < 1.29 is 9.09 Å². The molecule has 0 aliphatic carbocycles. The number of nitrogens with zero attached hydrogens (tertiary/aromatic N) is 6. The van der Waals surface area contributed by atoms with Crippen molar-refractivity contribution in [2.45, 2.75) is 25.8 Å². The van der Waals surface area contributed by atoms with E-state index in [4.69, 9.17) is 21.1 Å². The van der Waals surface area contributed by atoms with E-state index in [1.54, 1.807) is 12.9 Å². The van der Waals surface area contributed by atoms with Crippen LogP contribution in [0.15, 0.2) is 36.8 Å². The van der Waals surface area contributed by atoms with Gasteiger partial charge >= 0.3 is 0 Å². The lowest BCUT2D eigenvalue weighted by Gasteiger charge is -2.37. The molecule has 9 nitrogen and oxygen atoms in total. The van der Waals surface area contributed by atoms with Gasteiger partial charge in [-0.15, -0.1) is 0 Å². The zero-order chi connectivity index (χ0) is 23.4. The predicted molar refractivity (Wildman–Crippen MR) is 133 cm³/mol. The van der Waals surface area contributed by atoms with Crippen LogP contribution in [0.4, 0.5) is 17.5 Å². The number of aromatic nitrogens is 4. The first-order chi connectivity index (χ1) is 15.8. The van der Waals surface area contributed by atoms with E-state index in [9.17, 15) is 4.57 Å². The highest BCUT2D eigenvalue weighted by Crippen LogP contribution is 2.43. The second kappa shape index (κ2) is 10.3. The van der Waals surface area contributed by atoms with Gasteiger partial charge < -0.3 is 14.7 Å². The van der Waals surface area contributed by atoms with E-state index in [-0.39, 0.29) is 0 Å². The molecule has 1 aromatic carbocycles. The third-order valence-electron chi connectivity index (χ3n) is 5.70. The molecule has 1 saturated heterocycles. The van der Waals surface area contributed by atoms with Crippen LogP contribution in [-0.4, -0.2) is 70.6 Å². The molecule has 3 aromatic rings. The Kier molecular flexibility index (Phi) is 7.44. The monoisotopic (exact) mass is 489 g/mol. The second-order valence-electron chi connectivity index (χ2n) is 8.31. The number of hydrogen-bond donors (Lipinski definition) is 1. The first-order valence-electron chi connectivity index (χ1n) is 11.0. The van der Waals surface area contributed by atoms with Crippen LogP contribution in [0.2, 0.25) is 5.02 Å². The van der Waals surface area contributed by atoms with E-state index < -0.39 is 7.37 Å². The van der Waals surface area contributed by atoms with Crippen molar-refractivity contribution in [2.24, 2.45) is 0 Å². The fourth-order valence-electron chi connectivity index (χ4n) is 4.13. The van der Waals surface area contributed by atoms with Crippen LogP contribution < -0.4 is 10.2 Å². The highest BCUT2D eigenvalue weighted by atomic mass is 35.5. The Bertz CT molecular complexity index is 1160. The summed E-state index contributed by atoms with van der Waals surface area (Å²) in [4.78, 5) is 22.4. The molecule has 0 amide bonds. The highest BCUT2D eigenvalue weighted by molar-refractivity contribution is 7.58. The lowest BCUT2D eigenvalue weighted by molar-refractivity contribution is 0.222. The predicted octanol–water partition coefficient (Wildman–Crippen LogP) is 4.62. The maximum absolute atomic E-state index is 12.5. The summed E-state index contributed by atoms with van der Waals surface area (Å²) in [5.74, 6) is 1.26. The van der Waals surface area contributed by atoms with Crippen molar-refractivity contribution >= 4 is 47.5 Å². The minimum Gasteiger partial charge on any atom is -0.341 e. The molecule has 11 heteroatoms. The Balaban J connectivity index is 1.47. The van der Waals surface area contributed by atoms with E-state index in [1.807, 2.05) is 38.2 Å². The van der Waals surface area contributed by atoms with Crippen molar-refractivity contribution in [3.8, 4) is 0 Å². The molecule has 176 valence electrons.